The maximum atomic E-state index is 10.6. The first-order valence-electron chi connectivity index (χ1n) is 3.59. The molecule has 13 heavy (non-hydrogen) atoms. The van der Waals surface area contributed by atoms with E-state index in [1.807, 2.05) is 18.2 Å². The Kier molecular flexibility index (Phi) is 2.32. The van der Waals surface area contributed by atoms with Crippen molar-refractivity contribution in [3.63, 3.8) is 0 Å². The number of halogens is 1. The lowest BCUT2D eigenvalue weighted by molar-refractivity contribution is 0.112. The number of carbonyl (C=O) groups excluding carboxylic acids is 1. The van der Waals surface area contributed by atoms with Gasteiger partial charge in [-0.05, 0) is 12.1 Å². The minimum atomic E-state index is 0.514. The molecule has 0 bridgehead atoms. The lowest BCUT2D eigenvalue weighted by Crippen LogP contribution is -1.71. The molecule has 0 N–H and O–H groups in total. The minimum absolute atomic E-state index is 0.514. The number of thiophene rings is 1. The van der Waals surface area contributed by atoms with Gasteiger partial charge in [0, 0.05) is 15.0 Å². The van der Waals surface area contributed by atoms with E-state index in [4.69, 9.17) is 11.6 Å². The highest BCUT2D eigenvalue weighted by molar-refractivity contribution is 7.80. The van der Waals surface area contributed by atoms with Crippen molar-refractivity contribution >= 4 is 51.9 Å². The largest absolute Gasteiger partial charge is 0.297 e. The number of fused-ring (bicyclic) bond motifs is 1. The third-order valence-corrected chi connectivity index (χ3v) is 3.72. The quantitative estimate of drug-likeness (QED) is 0.582. The second kappa shape index (κ2) is 3.33. The first-order valence-corrected chi connectivity index (χ1v) is 5.23. The molecule has 0 aliphatic rings. The molecule has 4 heteroatoms. The van der Waals surface area contributed by atoms with Crippen molar-refractivity contribution in [3.8, 4) is 0 Å². The fourth-order valence-corrected chi connectivity index (χ4v) is 3.00. The number of rotatable bonds is 1. The van der Waals surface area contributed by atoms with Gasteiger partial charge >= 0.3 is 0 Å². The molecular weight excluding hydrogens is 224 g/mol. The van der Waals surface area contributed by atoms with Crippen LogP contribution in [0.1, 0.15) is 9.67 Å². The Morgan fingerprint density at radius 3 is 2.85 bits per heavy atom. The van der Waals surface area contributed by atoms with Crippen LogP contribution >= 0.6 is 35.6 Å². The number of hydrogen-bond donors (Lipinski definition) is 1. The number of benzene rings is 1. The summed E-state index contributed by atoms with van der Waals surface area (Å²) >= 11 is 11.7. The molecule has 2 rings (SSSR count). The van der Waals surface area contributed by atoms with Gasteiger partial charge in [0.05, 0.1) is 9.90 Å². The van der Waals surface area contributed by atoms with E-state index in [9.17, 15) is 4.79 Å². The van der Waals surface area contributed by atoms with E-state index in [0.717, 1.165) is 21.3 Å². The van der Waals surface area contributed by atoms with E-state index in [0.29, 0.717) is 9.90 Å². The average Bonchev–Trinajstić information content (AvgIpc) is 2.44. The van der Waals surface area contributed by atoms with Gasteiger partial charge in [-0.2, -0.15) is 0 Å². The van der Waals surface area contributed by atoms with Crippen LogP contribution in [0.25, 0.3) is 10.1 Å². The molecule has 1 heterocycles. The van der Waals surface area contributed by atoms with Crippen molar-refractivity contribution in [1.29, 1.82) is 0 Å². The van der Waals surface area contributed by atoms with Gasteiger partial charge in [0.2, 0.25) is 0 Å². The Bertz CT molecular complexity index is 476. The summed E-state index contributed by atoms with van der Waals surface area (Å²) in [6.07, 6.45) is 0.778. The Balaban J connectivity index is 2.92. The third kappa shape index (κ3) is 1.37. The molecule has 0 fully saturated rings. The van der Waals surface area contributed by atoms with Gasteiger partial charge < -0.3 is 0 Å². The van der Waals surface area contributed by atoms with E-state index in [-0.39, 0.29) is 0 Å². The smallest absolute Gasteiger partial charge is 0.161 e. The monoisotopic (exact) mass is 228 g/mol. The van der Waals surface area contributed by atoms with Crippen LogP contribution in [0.4, 0.5) is 0 Å². The molecule has 0 aliphatic heterocycles. The molecule has 0 saturated carbocycles. The molecule has 0 saturated heterocycles. The fourth-order valence-electron chi connectivity index (χ4n) is 1.19. The highest BCUT2D eigenvalue weighted by atomic mass is 35.5. The van der Waals surface area contributed by atoms with Gasteiger partial charge in [0.15, 0.2) is 6.29 Å². The first kappa shape index (κ1) is 9.06. The molecule has 0 radical (unpaired) electrons. The van der Waals surface area contributed by atoms with E-state index in [1.165, 1.54) is 11.3 Å². The van der Waals surface area contributed by atoms with Crippen LogP contribution in [0, 0.1) is 0 Å². The number of hydrogen-bond acceptors (Lipinski definition) is 3. The van der Waals surface area contributed by atoms with Crippen LogP contribution in [0.2, 0.25) is 5.02 Å². The predicted octanol–water partition coefficient (Wildman–Crippen LogP) is 3.66. The zero-order valence-electron chi connectivity index (χ0n) is 6.45. The van der Waals surface area contributed by atoms with Crippen molar-refractivity contribution < 1.29 is 4.79 Å². The molecule has 0 aliphatic carbocycles. The number of thiol groups is 1. The fraction of sp³-hybridized carbons (Fsp3) is 0. The van der Waals surface area contributed by atoms with Gasteiger partial charge in [-0.1, -0.05) is 17.7 Å². The summed E-state index contributed by atoms with van der Waals surface area (Å²) in [5.74, 6) is 0. The summed E-state index contributed by atoms with van der Waals surface area (Å²) in [5.41, 5.74) is 0. The number of aldehydes is 1. The Labute approximate surface area is 89.7 Å². The standard InChI is InChI=1S/C9H5ClOS2/c10-9-7(4-11)13-6-3-1-2-5(12)8(6)9/h1-4,12H. The van der Waals surface area contributed by atoms with Crippen LogP contribution < -0.4 is 0 Å². The van der Waals surface area contributed by atoms with Gasteiger partial charge in [-0.15, -0.1) is 24.0 Å². The summed E-state index contributed by atoms with van der Waals surface area (Å²) < 4.78 is 1.000. The Hall–Kier alpha value is -0.510. The van der Waals surface area contributed by atoms with Crippen molar-refractivity contribution in [3.05, 3.63) is 28.1 Å². The molecule has 0 atom stereocenters. The summed E-state index contributed by atoms with van der Waals surface area (Å²) in [6, 6.07) is 5.68. The van der Waals surface area contributed by atoms with E-state index in [2.05, 4.69) is 12.6 Å². The van der Waals surface area contributed by atoms with Crippen molar-refractivity contribution in [2.75, 3.05) is 0 Å². The van der Waals surface area contributed by atoms with Gasteiger partial charge in [-0.25, -0.2) is 0 Å². The van der Waals surface area contributed by atoms with E-state index < -0.39 is 0 Å². The van der Waals surface area contributed by atoms with Crippen LogP contribution in [-0.4, -0.2) is 6.29 Å². The normalized spacial score (nSPS) is 10.6. The lowest BCUT2D eigenvalue weighted by Gasteiger charge is -1.93. The zero-order valence-corrected chi connectivity index (χ0v) is 8.92. The van der Waals surface area contributed by atoms with E-state index >= 15 is 0 Å². The molecule has 0 amide bonds. The minimum Gasteiger partial charge on any atom is -0.297 e. The van der Waals surface area contributed by atoms with E-state index in [1.54, 1.807) is 0 Å². The van der Waals surface area contributed by atoms with Crippen molar-refractivity contribution in [2.24, 2.45) is 0 Å². The topological polar surface area (TPSA) is 17.1 Å². The summed E-state index contributed by atoms with van der Waals surface area (Å²) in [6.45, 7) is 0. The third-order valence-electron chi connectivity index (χ3n) is 1.77. The summed E-state index contributed by atoms with van der Waals surface area (Å²) in [5, 5.41) is 1.39. The van der Waals surface area contributed by atoms with Crippen LogP contribution in [-0.2, 0) is 0 Å². The second-order valence-corrected chi connectivity index (χ2v) is 4.49. The molecule has 0 spiro atoms. The van der Waals surface area contributed by atoms with Gasteiger partial charge in [0.25, 0.3) is 0 Å². The van der Waals surface area contributed by atoms with Gasteiger partial charge in [-0.3, -0.25) is 4.79 Å². The molecule has 1 nitrogen and oxygen atoms in total. The molecule has 2 aromatic rings. The van der Waals surface area contributed by atoms with Crippen LogP contribution in [0.5, 0.6) is 0 Å². The predicted molar refractivity (Wildman–Crippen MR) is 59.5 cm³/mol. The molecule has 1 aromatic heterocycles. The van der Waals surface area contributed by atoms with Crippen LogP contribution in [0.15, 0.2) is 23.1 Å². The molecule has 1 aromatic carbocycles. The van der Waals surface area contributed by atoms with Crippen LogP contribution in [0.3, 0.4) is 0 Å². The summed E-state index contributed by atoms with van der Waals surface area (Å²) in [7, 11) is 0. The number of carbonyl (C=O) groups is 1. The Morgan fingerprint density at radius 1 is 1.46 bits per heavy atom. The second-order valence-electron chi connectivity index (χ2n) is 2.55. The molecule has 0 unspecified atom stereocenters. The van der Waals surface area contributed by atoms with Crippen molar-refractivity contribution in [1.82, 2.24) is 0 Å². The Morgan fingerprint density at radius 2 is 2.23 bits per heavy atom. The SMILES string of the molecule is O=Cc1sc2cccc(S)c2c1Cl. The summed E-state index contributed by atoms with van der Waals surface area (Å²) in [4.78, 5) is 12.0. The average molecular weight is 229 g/mol. The maximum Gasteiger partial charge on any atom is 0.161 e. The highest BCUT2D eigenvalue weighted by Gasteiger charge is 2.10. The molecular formula is C9H5ClOS2. The first-order chi connectivity index (χ1) is 6.24. The van der Waals surface area contributed by atoms with Gasteiger partial charge in [0.1, 0.15) is 0 Å². The zero-order chi connectivity index (χ0) is 9.42. The molecule has 66 valence electrons. The lowest BCUT2D eigenvalue weighted by atomic mass is 10.2. The van der Waals surface area contributed by atoms with Crippen molar-refractivity contribution in [2.45, 2.75) is 4.90 Å². The maximum absolute atomic E-state index is 10.6. The highest BCUT2D eigenvalue weighted by Crippen LogP contribution is 2.37.